The lowest BCUT2D eigenvalue weighted by Gasteiger charge is -2.39. The van der Waals surface area contributed by atoms with Crippen molar-refractivity contribution in [2.75, 3.05) is 26.2 Å². The van der Waals surface area contributed by atoms with E-state index >= 15 is 0 Å². The van der Waals surface area contributed by atoms with E-state index in [9.17, 15) is 9.59 Å². The molecule has 38 heavy (non-hydrogen) atoms. The van der Waals surface area contributed by atoms with Gasteiger partial charge in [-0.2, -0.15) is 5.10 Å². The molecule has 1 fully saturated rings. The average Bonchev–Trinajstić information content (AvgIpc) is 3.21. The molecule has 3 aromatic rings. The Labute approximate surface area is 230 Å². The Morgan fingerprint density at radius 2 is 1.37 bits per heavy atom. The number of hydrazone groups is 1. The van der Waals surface area contributed by atoms with Crippen LogP contribution in [-0.2, 0) is 9.59 Å². The molecule has 2 aliphatic heterocycles. The first-order valence-corrected chi connectivity index (χ1v) is 13.1. The van der Waals surface area contributed by atoms with Gasteiger partial charge in [-0.3, -0.25) is 9.59 Å². The summed E-state index contributed by atoms with van der Waals surface area (Å²) in [5, 5.41) is 15.2. The summed E-state index contributed by atoms with van der Waals surface area (Å²) in [5.41, 5.74) is 3.68. The second-order valence-corrected chi connectivity index (χ2v) is 9.97. The number of hydrogen-bond acceptors (Lipinski definition) is 4. The Bertz CT molecular complexity index is 1200. The van der Waals surface area contributed by atoms with Gasteiger partial charge in [-0.1, -0.05) is 91.0 Å². The van der Waals surface area contributed by atoms with Crippen molar-refractivity contribution in [2.45, 2.75) is 31.6 Å². The van der Waals surface area contributed by atoms with Crippen LogP contribution in [0.3, 0.4) is 0 Å². The summed E-state index contributed by atoms with van der Waals surface area (Å²) in [5.74, 6) is -0.663. The first-order valence-electron chi connectivity index (χ1n) is 13.1. The summed E-state index contributed by atoms with van der Waals surface area (Å²) < 4.78 is 0. The third-order valence-corrected chi connectivity index (χ3v) is 7.75. The molecule has 3 aromatic carbocycles. The van der Waals surface area contributed by atoms with Crippen LogP contribution in [0.4, 0.5) is 0 Å². The molecule has 1 amide bonds. The molecule has 0 bridgehead atoms. The van der Waals surface area contributed by atoms with Crippen LogP contribution in [0.2, 0.25) is 0 Å². The summed E-state index contributed by atoms with van der Waals surface area (Å²) in [4.78, 5) is 27.2. The summed E-state index contributed by atoms with van der Waals surface area (Å²) in [6, 6.07) is 31.2. The molecule has 0 saturated carbocycles. The minimum atomic E-state index is -0.925. The van der Waals surface area contributed by atoms with Gasteiger partial charge in [0, 0.05) is 5.92 Å². The van der Waals surface area contributed by atoms with E-state index in [2.05, 4.69) is 70.7 Å². The number of nitrogens with zero attached hydrogens (tertiary/aromatic N) is 3. The smallest absolute Gasteiger partial charge is 0.305 e. The zero-order chi connectivity index (χ0) is 25.7. The van der Waals surface area contributed by atoms with E-state index in [1.54, 1.807) is 0 Å². The van der Waals surface area contributed by atoms with E-state index in [-0.39, 0.29) is 31.3 Å². The number of rotatable bonds is 9. The van der Waals surface area contributed by atoms with Crippen molar-refractivity contribution in [3.8, 4) is 0 Å². The van der Waals surface area contributed by atoms with Crippen molar-refractivity contribution in [1.82, 2.24) is 9.91 Å². The summed E-state index contributed by atoms with van der Waals surface area (Å²) in [7, 11) is 0. The summed E-state index contributed by atoms with van der Waals surface area (Å²) in [6.45, 7) is 2.66. The lowest BCUT2D eigenvalue weighted by molar-refractivity contribution is -0.140. The molecular formula is C31H34ClN3O3. The quantitative estimate of drug-likeness (QED) is 0.399. The molecule has 5 rings (SSSR count). The van der Waals surface area contributed by atoms with E-state index in [0.29, 0.717) is 18.8 Å². The highest BCUT2D eigenvalue weighted by atomic mass is 35.5. The first-order chi connectivity index (χ1) is 18.1. The maximum Gasteiger partial charge on any atom is 0.305 e. The number of benzene rings is 3. The van der Waals surface area contributed by atoms with Gasteiger partial charge in [-0.05, 0) is 55.6 Å². The lowest BCUT2D eigenvalue weighted by atomic mass is 9.72. The molecule has 2 heterocycles. The molecule has 0 unspecified atom stereocenters. The van der Waals surface area contributed by atoms with Crippen LogP contribution in [0.1, 0.15) is 48.3 Å². The second-order valence-electron chi connectivity index (χ2n) is 9.97. The number of likely N-dealkylation sites (tertiary alicyclic amines) is 1. The topological polar surface area (TPSA) is 73.2 Å². The number of carbonyl (C=O) groups excluding carboxylic acids is 1. The average molecular weight is 532 g/mol. The SMILES string of the molecule is Cl.O=C(O)CCN1N=C(c2ccccc2)C2(CCN(CCC(c3ccccc3)c3ccccc3)CC2)C1=O. The molecule has 7 heteroatoms. The van der Waals surface area contributed by atoms with Gasteiger partial charge in [-0.25, -0.2) is 5.01 Å². The normalized spacial score (nSPS) is 16.9. The molecule has 198 valence electrons. The molecule has 2 aliphatic rings. The van der Waals surface area contributed by atoms with Crippen LogP contribution >= 0.6 is 12.4 Å². The molecule has 6 nitrogen and oxygen atoms in total. The number of hydrogen-bond donors (Lipinski definition) is 1. The van der Waals surface area contributed by atoms with Crippen molar-refractivity contribution in [3.05, 3.63) is 108 Å². The van der Waals surface area contributed by atoms with Gasteiger partial charge in [0.05, 0.1) is 24.1 Å². The van der Waals surface area contributed by atoms with Crippen LogP contribution in [0.25, 0.3) is 0 Å². The number of aliphatic carboxylic acids is 1. The van der Waals surface area contributed by atoms with Crippen molar-refractivity contribution in [3.63, 3.8) is 0 Å². The van der Waals surface area contributed by atoms with Gasteiger partial charge >= 0.3 is 5.97 Å². The molecule has 0 atom stereocenters. The molecule has 1 saturated heterocycles. The highest BCUT2D eigenvalue weighted by molar-refractivity contribution is 6.19. The highest BCUT2D eigenvalue weighted by Crippen LogP contribution is 2.42. The van der Waals surface area contributed by atoms with Gasteiger partial charge in [-0.15, -0.1) is 12.4 Å². The third kappa shape index (κ3) is 5.82. The fourth-order valence-electron chi connectivity index (χ4n) is 5.71. The molecule has 1 spiro atoms. The van der Waals surface area contributed by atoms with E-state index in [0.717, 1.165) is 37.3 Å². The van der Waals surface area contributed by atoms with Crippen molar-refractivity contribution in [1.29, 1.82) is 0 Å². The van der Waals surface area contributed by atoms with Crippen LogP contribution in [0, 0.1) is 5.41 Å². The third-order valence-electron chi connectivity index (χ3n) is 7.75. The van der Waals surface area contributed by atoms with E-state index < -0.39 is 11.4 Å². The largest absolute Gasteiger partial charge is 0.481 e. The van der Waals surface area contributed by atoms with Crippen molar-refractivity contribution in [2.24, 2.45) is 10.5 Å². The number of carbonyl (C=O) groups is 2. The maximum absolute atomic E-state index is 13.6. The Morgan fingerprint density at radius 3 is 1.89 bits per heavy atom. The fraction of sp³-hybridized carbons (Fsp3) is 0.323. The van der Waals surface area contributed by atoms with Crippen LogP contribution in [0.5, 0.6) is 0 Å². The number of carboxylic acids is 1. The fourth-order valence-corrected chi connectivity index (χ4v) is 5.71. The lowest BCUT2D eigenvalue weighted by Crippen LogP contribution is -2.49. The molecular weight excluding hydrogens is 498 g/mol. The van der Waals surface area contributed by atoms with Gasteiger partial charge in [0.2, 0.25) is 0 Å². The van der Waals surface area contributed by atoms with Gasteiger partial charge < -0.3 is 10.0 Å². The predicted molar refractivity (Wildman–Crippen MR) is 152 cm³/mol. The summed E-state index contributed by atoms with van der Waals surface area (Å²) in [6.07, 6.45) is 2.26. The van der Waals surface area contributed by atoms with Crippen LogP contribution in [-0.4, -0.2) is 58.8 Å². The van der Waals surface area contributed by atoms with E-state index in [4.69, 9.17) is 5.11 Å². The monoisotopic (exact) mass is 531 g/mol. The summed E-state index contributed by atoms with van der Waals surface area (Å²) >= 11 is 0. The Hall–Kier alpha value is -3.48. The van der Waals surface area contributed by atoms with Crippen molar-refractivity contribution >= 4 is 30.0 Å². The number of amides is 1. The minimum Gasteiger partial charge on any atom is -0.481 e. The Kier molecular flexibility index (Phi) is 8.97. The zero-order valence-corrected chi connectivity index (χ0v) is 22.2. The maximum atomic E-state index is 13.6. The van der Waals surface area contributed by atoms with E-state index in [1.165, 1.54) is 16.1 Å². The molecule has 1 N–H and O–H groups in total. The van der Waals surface area contributed by atoms with Crippen LogP contribution in [0.15, 0.2) is 96.1 Å². The van der Waals surface area contributed by atoms with Gasteiger partial charge in [0.1, 0.15) is 0 Å². The van der Waals surface area contributed by atoms with E-state index in [1.807, 2.05) is 30.3 Å². The van der Waals surface area contributed by atoms with Crippen LogP contribution < -0.4 is 0 Å². The standard InChI is InChI=1S/C31H33N3O3.ClH/c35-28(36)17-21-34-30(37)31(29(32-34)26-14-8-3-9-15-26)18-22-33(23-19-31)20-16-27(24-10-4-1-5-11-24)25-12-6-2-7-13-25;/h1-15,27H,16-23H2,(H,35,36);1H. The predicted octanol–water partition coefficient (Wildman–Crippen LogP) is 5.43. The minimum absolute atomic E-state index is 0. The number of halogens is 1. The van der Waals surface area contributed by atoms with Crippen molar-refractivity contribution < 1.29 is 14.7 Å². The van der Waals surface area contributed by atoms with Gasteiger partial charge in [0.15, 0.2) is 0 Å². The number of carboxylic acid groups (broad SMARTS) is 1. The first kappa shape index (κ1) is 27.6. The molecule has 0 aromatic heterocycles. The molecule has 0 aliphatic carbocycles. The highest BCUT2D eigenvalue weighted by Gasteiger charge is 2.52. The molecule has 0 radical (unpaired) electrons. The Balaban J connectivity index is 0.00000336. The second kappa shape index (κ2) is 12.4. The number of piperidine rings is 1. The van der Waals surface area contributed by atoms with Gasteiger partial charge in [0.25, 0.3) is 5.91 Å². The zero-order valence-electron chi connectivity index (χ0n) is 21.4. The Morgan fingerprint density at radius 1 is 0.842 bits per heavy atom.